The number of aromatic nitrogens is 1. The third-order valence-corrected chi connectivity index (χ3v) is 12.7. The van der Waals surface area contributed by atoms with E-state index in [-0.39, 0.29) is 48.4 Å². The first-order valence-corrected chi connectivity index (χ1v) is 22.6. The summed E-state index contributed by atoms with van der Waals surface area (Å²) in [6.07, 6.45) is 2.67. The molecule has 18 nitrogen and oxygen atoms in total. The van der Waals surface area contributed by atoms with Gasteiger partial charge in [-0.3, -0.25) is 47.2 Å². The zero-order chi connectivity index (χ0) is 46.8. The average Bonchev–Trinajstić information content (AvgIpc) is 3.89. The second-order valence-corrected chi connectivity index (χ2v) is 18.4. The summed E-state index contributed by atoms with van der Waals surface area (Å²) >= 11 is 0. The van der Waals surface area contributed by atoms with E-state index in [1.807, 2.05) is 30.3 Å². The number of benzene rings is 2. The van der Waals surface area contributed by atoms with Crippen LogP contribution in [0.3, 0.4) is 0 Å². The molecule has 2 aliphatic heterocycles. The molecule has 0 aliphatic carbocycles. The summed E-state index contributed by atoms with van der Waals surface area (Å²) in [5.41, 5.74) is 1.03. The van der Waals surface area contributed by atoms with Crippen LogP contribution in [0.5, 0.6) is 0 Å². The summed E-state index contributed by atoms with van der Waals surface area (Å²) in [5, 5.41) is 8.31. The molecule has 348 valence electrons. The number of halogens is 2. The molecule has 3 aromatic rings. The molecule has 3 heterocycles. The predicted octanol–water partition coefficient (Wildman–Crippen LogP) is 4.86. The van der Waals surface area contributed by atoms with Crippen LogP contribution < -0.4 is 21.7 Å². The van der Waals surface area contributed by atoms with Gasteiger partial charge in [0.05, 0.1) is 11.8 Å². The van der Waals surface area contributed by atoms with E-state index < -0.39 is 104 Å². The molecule has 2 unspecified atom stereocenters. The minimum Gasteiger partial charge on any atom is -0.438 e. The summed E-state index contributed by atoms with van der Waals surface area (Å²) in [7, 11) is -5.59. The van der Waals surface area contributed by atoms with Crippen LogP contribution in [0.4, 0.5) is 8.78 Å². The maximum absolute atomic E-state index is 16.2. The number of esters is 2. The third-order valence-electron chi connectivity index (χ3n) is 10.9. The lowest BCUT2D eigenvalue weighted by Gasteiger charge is -2.35. The van der Waals surface area contributed by atoms with Crippen LogP contribution in [0.15, 0.2) is 54.6 Å². The van der Waals surface area contributed by atoms with Crippen molar-refractivity contribution in [2.24, 2.45) is 17.6 Å². The molecule has 0 spiro atoms. The summed E-state index contributed by atoms with van der Waals surface area (Å²) in [6.45, 7) is 3.80. The van der Waals surface area contributed by atoms with Crippen molar-refractivity contribution in [3.8, 4) is 0 Å². The lowest BCUT2D eigenvalue weighted by Crippen LogP contribution is -2.58. The number of rotatable bonds is 20. The average molecular weight is 917 g/mol. The number of nitrogens with one attached hydrogen (secondary N) is 4. The van der Waals surface area contributed by atoms with Gasteiger partial charge in [0.25, 0.3) is 5.91 Å². The van der Waals surface area contributed by atoms with Crippen molar-refractivity contribution in [2.75, 3.05) is 13.6 Å². The van der Waals surface area contributed by atoms with Crippen LogP contribution in [0.1, 0.15) is 101 Å². The molecular formula is C43H55F2N6O12P. The van der Waals surface area contributed by atoms with E-state index in [0.29, 0.717) is 32.1 Å². The number of amides is 5. The van der Waals surface area contributed by atoms with Crippen LogP contribution in [0, 0.1) is 11.8 Å². The Bertz CT molecular complexity index is 2210. The van der Waals surface area contributed by atoms with Crippen molar-refractivity contribution < 1.29 is 65.4 Å². The normalized spacial score (nSPS) is 18.5. The van der Waals surface area contributed by atoms with Crippen molar-refractivity contribution >= 4 is 60.0 Å². The number of nitrogens with two attached hydrogens (primary N) is 1. The SMILES string of the molecule is CC(C)C(=O)OCOP(=O)(OCOC(=O)C(C)C)C(F)(F)c1ccc2[nH]c(C(=O)N[C@H]3CCCCC4CC[C@@H](C(=O)NC(CCC(N)=O)C(=O)NCc5ccccc5)N4C3=O)cc2c1. The van der Waals surface area contributed by atoms with E-state index in [9.17, 15) is 38.1 Å². The van der Waals surface area contributed by atoms with Crippen molar-refractivity contribution in [3.05, 3.63) is 71.4 Å². The molecule has 1 aromatic heterocycles. The van der Waals surface area contributed by atoms with Crippen molar-refractivity contribution in [3.63, 3.8) is 0 Å². The first-order chi connectivity index (χ1) is 30.3. The largest absolute Gasteiger partial charge is 0.438 e. The first kappa shape index (κ1) is 49.3. The molecule has 4 atom stereocenters. The van der Waals surface area contributed by atoms with Crippen LogP contribution in [0.25, 0.3) is 10.9 Å². The van der Waals surface area contributed by atoms with E-state index in [2.05, 4.69) is 20.9 Å². The second-order valence-electron chi connectivity index (χ2n) is 16.3. The van der Waals surface area contributed by atoms with Gasteiger partial charge in [0, 0.05) is 35.5 Å². The maximum atomic E-state index is 16.2. The Hall–Kier alpha value is -5.72. The first-order valence-electron chi connectivity index (χ1n) is 21.1. The molecule has 21 heteroatoms. The number of H-pyrrole nitrogens is 1. The number of alkyl halides is 2. The van der Waals surface area contributed by atoms with E-state index in [1.54, 1.807) is 0 Å². The van der Waals surface area contributed by atoms with Gasteiger partial charge in [-0.25, -0.2) is 0 Å². The quantitative estimate of drug-likeness (QED) is 0.0579. The lowest BCUT2D eigenvalue weighted by atomic mass is 9.98. The van der Waals surface area contributed by atoms with Crippen molar-refractivity contribution in [1.82, 2.24) is 25.8 Å². The maximum Gasteiger partial charge on any atom is 0.410 e. The van der Waals surface area contributed by atoms with Crippen LogP contribution in [0.2, 0.25) is 0 Å². The molecule has 2 aliphatic rings. The zero-order valence-corrected chi connectivity index (χ0v) is 37.0. The van der Waals surface area contributed by atoms with Crippen LogP contribution in [-0.2, 0) is 64.1 Å². The highest BCUT2D eigenvalue weighted by molar-refractivity contribution is 7.54. The Balaban J connectivity index is 1.30. The summed E-state index contributed by atoms with van der Waals surface area (Å²) in [4.78, 5) is 95.0. The standard InChI is InChI=1S/C43H55F2N6O12P/c1-25(2)41(57)60-23-62-64(59,63-24-61-42(58)26(3)4)43(44,45)29-14-16-31-28(20-29)21-34(48-31)38(54)50-33-13-9-8-12-30-15-18-35(51(30)40(33)56)39(55)49-32(17-19-36(46)52)37(53)47-22-27-10-6-5-7-11-27/h5-7,10-11,14,16,20-21,25-26,30,32-33,35,48H,8-9,12-13,15,17-19,22-24H2,1-4H3,(H2,46,52)(H,47,53)(H,49,55)(H,50,54)/t30?,32?,33-,35-/m0/s1. The monoisotopic (exact) mass is 916 g/mol. The summed E-state index contributed by atoms with van der Waals surface area (Å²) in [5.74, 6) is -6.01. The molecule has 0 radical (unpaired) electrons. The highest BCUT2D eigenvalue weighted by Crippen LogP contribution is 2.67. The van der Waals surface area contributed by atoms with Gasteiger partial charge in [-0.05, 0) is 55.9 Å². The highest BCUT2D eigenvalue weighted by atomic mass is 31.2. The highest BCUT2D eigenvalue weighted by Gasteiger charge is 2.56. The van der Waals surface area contributed by atoms with Gasteiger partial charge in [-0.15, -0.1) is 0 Å². The van der Waals surface area contributed by atoms with Gasteiger partial charge in [-0.1, -0.05) is 76.9 Å². The molecule has 5 amide bonds. The minimum absolute atomic E-state index is 0.0693. The number of fused-ring (bicyclic) bond motifs is 2. The molecule has 2 fully saturated rings. The van der Waals surface area contributed by atoms with Gasteiger partial charge < -0.3 is 41.0 Å². The molecule has 64 heavy (non-hydrogen) atoms. The number of carbonyl (C=O) groups excluding carboxylic acids is 7. The number of nitrogens with zero attached hydrogens (tertiary/aromatic N) is 1. The Morgan fingerprint density at radius 1 is 0.891 bits per heavy atom. The molecule has 2 saturated heterocycles. The van der Waals surface area contributed by atoms with Gasteiger partial charge in [-0.2, -0.15) is 8.78 Å². The fourth-order valence-corrected chi connectivity index (χ4v) is 8.57. The zero-order valence-electron chi connectivity index (χ0n) is 36.1. The number of aromatic amines is 1. The Morgan fingerprint density at radius 2 is 1.53 bits per heavy atom. The Labute approximate surface area is 368 Å². The lowest BCUT2D eigenvalue weighted by molar-refractivity contribution is -0.158. The van der Waals surface area contributed by atoms with E-state index in [1.165, 1.54) is 44.7 Å². The number of carbonyl (C=O) groups is 7. The second kappa shape index (κ2) is 21.8. The van der Waals surface area contributed by atoms with Gasteiger partial charge in [0.2, 0.25) is 37.2 Å². The minimum atomic E-state index is -5.59. The Kier molecular flexibility index (Phi) is 16.8. The van der Waals surface area contributed by atoms with Crippen LogP contribution in [-0.4, -0.2) is 89.1 Å². The molecule has 6 N–H and O–H groups in total. The number of ether oxygens (including phenoxy) is 2. The molecule has 0 bridgehead atoms. The number of hydrogen-bond acceptors (Lipinski definition) is 12. The van der Waals surface area contributed by atoms with E-state index in [0.717, 1.165) is 17.7 Å². The molecule has 5 rings (SSSR count). The molecule has 0 saturated carbocycles. The predicted molar refractivity (Wildman–Crippen MR) is 226 cm³/mol. The summed E-state index contributed by atoms with van der Waals surface area (Å²) < 4.78 is 65.4. The fraction of sp³-hybridized carbons (Fsp3) is 0.512. The van der Waals surface area contributed by atoms with Crippen LogP contribution >= 0.6 is 7.60 Å². The molecule has 2 aromatic carbocycles. The van der Waals surface area contributed by atoms with Gasteiger partial charge >= 0.3 is 25.2 Å². The summed E-state index contributed by atoms with van der Waals surface area (Å²) in [6, 6.07) is 9.91. The smallest absolute Gasteiger partial charge is 0.410 e. The number of primary amides is 1. The van der Waals surface area contributed by atoms with Gasteiger partial charge in [0.15, 0.2) is 0 Å². The van der Waals surface area contributed by atoms with Gasteiger partial charge in [0.1, 0.15) is 23.8 Å². The van der Waals surface area contributed by atoms with E-state index >= 15 is 8.78 Å². The topological polar surface area (TPSA) is 255 Å². The Morgan fingerprint density at radius 3 is 2.16 bits per heavy atom. The van der Waals surface area contributed by atoms with Crippen molar-refractivity contribution in [1.29, 1.82) is 0 Å². The van der Waals surface area contributed by atoms with E-state index in [4.69, 9.17) is 24.3 Å². The third kappa shape index (κ3) is 12.3. The van der Waals surface area contributed by atoms with Crippen molar-refractivity contribution in [2.45, 2.75) is 115 Å². The molecular weight excluding hydrogens is 861 g/mol. The number of hydrogen-bond donors (Lipinski definition) is 5. The fourth-order valence-electron chi connectivity index (χ4n) is 7.33.